The van der Waals surface area contributed by atoms with Gasteiger partial charge in [0.2, 0.25) is 0 Å². The molecule has 0 radical (unpaired) electrons. The molecule has 0 aromatic rings. The lowest BCUT2D eigenvalue weighted by molar-refractivity contribution is 0.724. The van der Waals surface area contributed by atoms with E-state index in [1.807, 2.05) is 0 Å². The van der Waals surface area contributed by atoms with Crippen molar-refractivity contribution in [1.82, 2.24) is 0 Å². The molecule has 0 aliphatic heterocycles. The van der Waals surface area contributed by atoms with Crippen LogP contribution in [0.5, 0.6) is 0 Å². The molecule has 0 aromatic carbocycles. The SMILES string of the molecule is C#CC.C=C=C.CCC1CC1C. The minimum atomic E-state index is 1.06. The Morgan fingerprint density at radius 1 is 1.50 bits per heavy atom. The molecule has 2 unspecified atom stereocenters. The van der Waals surface area contributed by atoms with E-state index in [9.17, 15) is 0 Å². The summed E-state index contributed by atoms with van der Waals surface area (Å²) in [6.07, 6.45) is 7.50. The summed E-state index contributed by atoms with van der Waals surface area (Å²) in [5.41, 5.74) is 2.25. The fraction of sp³-hybridized carbons (Fsp3) is 0.583. The number of hydrogen-bond acceptors (Lipinski definition) is 0. The van der Waals surface area contributed by atoms with Crippen molar-refractivity contribution in [2.75, 3.05) is 0 Å². The third-order valence-electron chi connectivity index (χ3n) is 1.80. The van der Waals surface area contributed by atoms with Gasteiger partial charge in [0.15, 0.2) is 0 Å². The second-order valence-corrected chi connectivity index (χ2v) is 2.92. The highest BCUT2D eigenvalue weighted by molar-refractivity contribution is 4.80. The van der Waals surface area contributed by atoms with Gasteiger partial charge in [-0.05, 0) is 25.2 Å². The van der Waals surface area contributed by atoms with Crippen LogP contribution in [0.1, 0.15) is 33.6 Å². The van der Waals surface area contributed by atoms with Crippen LogP contribution in [0.2, 0.25) is 0 Å². The van der Waals surface area contributed by atoms with Gasteiger partial charge >= 0.3 is 0 Å². The molecule has 0 bridgehead atoms. The van der Waals surface area contributed by atoms with Crippen molar-refractivity contribution < 1.29 is 0 Å². The Morgan fingerprint density at radius 2 is 1.75 bits per heavy atom. The molecule has 0 nitrogen and oxygen atoms in total. The first-order chi connectivity index (χ1) is 5.67. The van der Waals surface area contributed by atoms with Crippen LogP contribution in [0.25, 0.3) is 0 Å². The van der Waals surface area contributed by atoms with Crippen molar-refractivity contribution >= 4 is 0 Å². The van der Waals surface area contributed by atoms with Crippen molar-refractivity contribution in [2.24, 2.45) is 11.8 Å². The standard InChI is InChI=1S/C6H12.2C3H4/c1-3-6-4-5(6)2;2*1-3-2/h5-6H,3-4H2,1-2H3;1-2H2;1H,2H3. The molecule has 0 amide bonds. The molecule has 0 saturated heterocycles. The van der Waals surface area contributed by atoms with E-state index in [0.717, 1.165) is 11.8 Å². The molecule has 0 heterocycles. The zero-order chi connectivity index (χ0) is 9.98. The third kappa shape index (κ3) is 11.8. The molecule has 12 heavy (non-hydrogen) atoms. The van der Waals surface area contributed by atoms with E-state index in [1.165, 1.54) is 12.8 Å². The molecular formula is C12H20. The summed E-state index contributed by atoms with van der Waals surface area (Å²) in [6, 6.07) is 0. The van der Waals surface area contributed by atoms with E-state index >= 15 is 0 Å². The van der Waals surface area contributed by atoms with Crippen LogP contribution in [0.4, 0.5) is 0 Å². The van der Waals surface area contributed by atoms with Gasteiger partial charge in [0.25, 0.3) is 0 Å². The molecular weight excluding hydrogens is 144 g/mol. The lowest BCUT2D eigenvalue weighted by Crippen LogP contribution is -1.68. The number of rotatable bonds is 1. The van der Waals surface area contributed by atoms with Crippen LogP contribution >= 0.6 is 0 Å². The summed E-state index contributed by atoms with van der Waals surface area (Å²) >= 11 is 0. The zero-order valence-corrected chi connectivity index (χ0v) is 8.56. The normalized spacial score (nSPS) is 22.8. The summed E-state index contributed by atoms with van der Waals surface area (Å²) in [7, 11) is 0. The van der Waals surface area contributed by atoms with E-state index < -0.39 is 0 Å². The van der Waals surface area contributed by atoms with Gasteiger partial charge in [0.1, 0.15) is 0 Å². The summed E-state index contributed by atoms with van der Waals surface area (Å²) in [5, 5.41) is 0. The molecule has 1 aliphatic rings. The molecule has 0 heteroatoms. The largest absolute Gasteiger partial charge is 0.137 e. The average molecular weight is 164 g/mol. The maximum atomic E-state index is 4.60. The first kappa shape index (κ1) is 13.7. The molecule has 0 spiro atoms. The van der Waals surface area contributed by atoms with Crippen molar-refractivity contribution in [3.05, 3.63) is 18.9 Å². The Bertz CT molecular complexity index is 151. The van der Waals surface area contributed by atoms with Gasteiger partial charge in [-0.15, -0.1) is 18.1 Å². The fourth-order valence-corrected chi connectivity index (χ4v) is 0.968. The molecule has 0 N–H and O–H groups in total. The molecule has 1 fully saturated rings. The molecule has 2 atom stereocenters. The molecule has 1 rings (SSSR count). The van der Waals surface area contributed by atoms with Crippen molar-refractivity contribution in [1.29, 1.82) is 0 Å². The smallest absolute Gasteiger partial charge is 0.00297 e. The average Bonchev–Trinajstić information content (AvgIpc) is 2.70. The summed E-state index contributed by atoms with van der Waals surface area (Å²) in [4.78, 5) is 0. The van der Waals surface area contributed by atoms with Gasteiger partial charge in [-0.2, -0.15) is 0 Å². The van der Waals surface area contributed by atoms with E-state index in [0.29, 0.717) is 0 Å². The Hall–Kier alpha value is -0.920. The predicted molar refractivity (Wildman–Crippen MR) is 56.8 cm³/mol. The fourth-order valence-electron chi connectivity index (χ4n) is 0.968. The van der Waals surface area contributed by atoms with E-state index in [4.69, 9.17) is 0 Å². The van der Waals surface area contributed by atoms with Gasteiger partial charge in [-0.25, -0.2) is 0 Å². The topological polar surface area (TPSA) is 0 Å². The molecule has 1 aliphatic carbocycles. The second-order valence-electron chi connectivity index (χ2n) is 2.92. The van der Waals surface area contributed by atoms with Gasteiger partial charge in [-0.1, -0.05) is 33.4 Å². The van der Waals surface area contributed by atoms with Crippen LogP contribution in [0.15, 0.2) is 18.9 Å². The third-order valence-corrected chi connectivity index (χ3v) is 1.80. The Kier molecular flexibility index (Phi) is 11.5. The summed E-state index contributed by atoms with van der Waals surface area (Å²) in [5.74, 6) is 4.42. The molecule has 0 aromatic heterocycles. The van der Waals surface area contributed by atoms with Crippen LogP contribution in [-0.2, 0) is 0 Å². The first-order valence-electron chi connectivity index (χ1n) is 4.34. The van der Waals surface area contributed by atoms with Crippen LogP contribution in [0.3, 0.4) is 0 Å². The minimum Gasteiger partial charge on any atom is -0.137 e. The zero-order valence-electron chi connectivity index (χ0n) is 8.56. The van der Waals surface area contributed by atoms with Gasteiger partial charge in [0.05, 0.1) is 0 Å². The summed E-state index contributed by atoms with van der Waals surface area (Å²) in [6.45, 7) is 12.5. The Labute approximate surface area is 77.4 Å². The monoisotopic (exact) mass is 164 g/mol. The van der Waals surface area contributed by atoms with E-state index in [2.05, 4.69) is 45.1 Å². The first-order valence-corrected chi connectivity index (χ1v) is 4.34. The van der Waals surface area contributed by atoms with Crippen LogP contribution in [0, 0.1) is 24.2 Å². The van der Waals surface area contributed by atoms with Crippen molar-refractivity contribution in [2.45, 2.75) is 33.6 Å². The Morgan fingerprint density at radius 3 is 1.75 bits per heavy atom. The van der Waals surface area contributed by atoms with Gasteiger partial charge < -0.3 is 0 Å². The highest BCUT2D eigenvalue weighted by Crippen LogP contribution is 2.39. The van der Waals surface area contributed by atoms with Gasteiger partial charge in [-0.3, -0.25) is 0 Å². The van der Waals surface area contributed by atoms with E-state index in [1.54, 1.807) is 6.92 Å². The van der Waals surface area contributed by atoms with Gasteiger partial charge in [0, 0.05) is 0 Å². The minimum absolute atomic E-state index is 1.06. The van der Waals surface area contributed by atoms with Crippen LogP contribution < -0.4 is 0 Å². The lowest BCUT2D eigenvalue weighted by atomic mass is 10.3. The second kappa shape index (κ2) is 10.1. The maximum Gasteiger partial charge on any atom is -0.00297 e. The quantitative estimate of drug-likeness (QED) is 0.410. The number of terminal acetylenes is 1. The van der Waals surface area contributed by atoms with E-state index in [-0.39, 0.29) is 0 Å². The highest BCUT2D eigenvalue weighted by Gasteiger charge is 2.29. The molecule has 68 valence electrons. The van der Waals surface area contributed by atoms with Crippen LogP contribution in [-0.4, -0.2) is 0 Å². The number of hydrogen-bond donors (Lipinski definition) is 0. The Balaban J connectivity index is 0. The summed E-state index contributed by atoms with van der Waals surface area (Å²) < 4.78 is 0. The molecule has 1 saturated carbocycles. The maximum absolute atomic E-state index is 4.60. The van der Waals surface area contributed by atoms with Crippen molar-refractivity contribution in [3.8, 4) is 12.3 Å². The predicted octanol–water partition coefficient (Wildman–Crippen LogP) is 3.65. The van der Waals surface area contributed by atoms with Crippen molar-refractivity contribution in [3.63, 3.8) is 0 Å². The lowest BCUT2D eigenvalue weighted by Gasteiger charge is -1.79. The highest BCUT2D eigenvalue weighted by atomic mass is 14.3.